The highest BCUT2D eigenvalue weighted by atomic mass is 16.3. The fourth-order valence-electron chi connectivity index (χ4n) is 10.3. The standard InChI is InChI=1S/C60H38N2O/c1-3-19-39(20-4-1)41-23-7-8-25-43(41)46-37-38-55(60-59(46)49-28-12-16-36-56(49)63-60)62-52-33-15-11-27-48(52)58-45(30-18-35-54(58)62)44-29-17-34-53-57(44)47-26-10-14-32-51(47)61(53)50-31-13-9-24-42(50)40-21-5-2-6-22-40/h1-38H. The highest BCUT2D eigenvalue weighted by molar-refractivity contribution is 6.23. The maximum atomic E-state index is 7.00. The van der Waals surface area contributed by atoms with Crippen LogP contribution in [0.15, 0.2) is 235 Å². The molecule has 0 atom stereocenters. The summed E-state index contributed by atoms with van der Waals surface area (Å²) in [6, 6.07) is 83.2. The normalized spacial score (nSPS) is 11.8. The van der Waals surface area contributed by atoms with Gasteiger partial charge in [0.05, 0.1) is 33.4 Å². The van der Waals surface area contributed by atoms with Gasteiger partial charge < -0.3 is 13.6 Å². The topological polar surface area (TPSA) is 23.0 Å². The van der Waals surface area contributed by atoms with Gasteiger partial charge in [-0.05, 0) is 81.4 Å². The number of rotatable bonds is 6. The summed E-state index contributed by atoms with van der Waals surface area (Å²) < 4.78 is 11.9. The van der Waals surface area contributed by atoms with E-state index in [4.69, 9.17) is 4.42 Å². The van der Waals surface area contributed by atoms with E-state index in [1.807, 2.05) is 0 Å². The summed E-state index contributed by atoms with van der Waals surface area (Å²) in [4.78, 5) is 0. The lowest BCUT2D eigenvalue weighted by atomic mass is 9.91. The van der Waals surface area contributed by atoms with Crippen molar-refractivity contribution in [3.05, 3.63) is 231 Å². The second-order valence-electron chi connectivity index (χ2n) is 16.3. The Kier molecular flexibility index (Phi) is 7.91. The van der Waals surface area contributed by atoms with Gasteiger partial charge in [-0.2, -0.15) is 0 Å². The van der Waals surface area contributed by atoms with Crippen LogP contribution in [0.1, 0.15) is 0 Å². The Morgan fingerprint density at radius 2 is 0.698 bits per heavy atom. The van der Waals surface area contributed by atoms with Crippen molar-refractivity contribution in [2.75, 3.05) is 0 Å². The summed E-state index contributed by atoms with van der Waals surface area (Å²) in [5, 5.41) is 7.09. The second kappa shape index (κ2) is 14.1. The molecule has 0 aliphatic heterocycles. The number of furan rings is 1. The summed E-state index contributed by atoms with van der Waals surface area (Å²) in [6.45, 7) is 0. The minimum atomic E-state index is 0.867. The predicted molar refractivity (Wildman–Crippen MR) is 264 cm³/mol. The average molecular weight is 803 g/mol. The lowest BCUT2D eigenvalue weighted by Gasteiger charge is -2.15. The third kappa shape index (κ3) is 5.33. The molecule has 294 valence electrons. The van der Waals surface area contributed by atoms with E-state index in [0.717, 1.165) is 49.9 Å². The zero-order valence-electron chi connectivity index (χ0n) is 34.2. The van der Waals surface area contributed by atoms with Crippen molar-refractivity contribution in [3.8, 4) is 55.9 Å². The van der Waals surface area contributed by atoms with Crippen LogP contribution in [0.2, 0.25) is 0 Å². The fraction of sp³-hybridized carbons (Fsp3) is 0. The molecule has 3 heteroatoms. The molecule has 0 unspecified atom stereocenters. The van der Waals surface area contributed by atoms with Crippen molar-refractivity contribution < 1.29 is 4.42 Å². The minimum Gasteiger partial charge on any atom is -0.454 e. The molecule has 0 saturated carbocycles. The largest absolute Gasteiger partial charge is 0.454 e. The Morgan fingerprint density at radius 3 is 1.35 bits per heavy atom. The van der Waals surface area contributed by atoms with Crippen LogP contribution in [0.3, 0.4) is 0 Å². The number of aromatic nitrogens is 2. The second-order valence-corrected chi connectivity index (χ2v) is 16.3. The Labute approximate surface area is 363 Å². The van der Waals surface area contributed by atoms with E-state index in [2.05, 4.69) is 240 Å². The predicted octanol–water partition coefficient (Wildman–Crippen LogP) is 16.4. The van der Waals surface area contributed by atoms with Crippen molar-refractivity contribution in [1.82, 2.24) is 9.13 Å². The first-order chi connectivity index (χ1) is 31.3. The Morgan fingerprint density at radius 1 is 0.254 bits per heavy atom. The molecule has 0 radical (unpaired) electrons. The van der Waals surface area contributed by atoms with Gasteiger partial charge in [0.25, 0.3) is 0 Å². The first-order valence-electron chi connectivity index (χ1n) is 21.6. The first-order valence-corrected chi connectivity index (χ1v) is 21.6. The van der Waals surface area contributed by atoms with Crippen molar-refractivity contribution in [3.63, 3.8) is 0 Å². The number of benzene rings is 10. The van der Waals surface area contributed by atoms with E-state index in [0.29, 0.717) is 0 Å². The van der Waals surface area contributed by atoms with Crippen LogP contribution in [-0.4, -0.2) is 9.13 Å². The van der Waals surface area contributed by atoms with Crippen molar-refractivity contribution in [2.24, 2.45) is 0 Å². The molecule has 10 aromatic carbocycles. The smallest absolute Gasteiger partial charge is 0.160 e. The van der Waals surface area contributed by atoms with Gasteiger partial charge in [-0.3, -0.25) is 0 Å². The van der Waals surface area contributed by atoms with E-state index in [1.54, 1.807) is 0 Å². The molecule has 0 aliphatic rings. The summed E-state index contributed by atoms with van der Waals surface area (Å²) in [5.74, 6) is 0. The lowest BCUT2D eigenvalue weighted by Crippen LogP contribution is -1.97. The molecule has 3 heterocycles. The molecule has 0 bridgehead atoms. The van der Waals surface area contributed by atoms with Crippen molar-refractivity contribution in [1.29, 1.82) is 0 Å². The molecular weight excluding hydrogens is 765 g/mol. The number of fused-ring (bicyclic) bond motifs is 9. The SMILES string of the molecule is c1ccc(-c2ccccc2-c2ccc(-n3c4ccccc4c4c(-c5cccc6c5c5ccccc5n6-c5ccccc5-c5ccccc5)cccc43)c3oc4ccccc4c23)cc1. The third-order valence-electron chi connectivity index (χ3n) is 13.0. The van der Waals surface area contributed by atoms with Crippen LogP contribution in [0.25, 0.3) is 121 Å². The van der Waals surface area contributed by atoms with Gasteiger partial charge in [-0.1, -0.05) is 188 Å². The molecule has 0 amide bonds. The molecule has 0 saturated heterocycles. The van der Waals surface area contributed by atoms with Gasteiger partial charge in [-0.25, -0.2) is 0 Å². The summed E-state index contributed by atoms with van der Waals surface area (Å²) in [5.41, 5.74) is 18.0. The van der Waals surface area contributed by atoms with Crippen LogP contribution in [0, 0.1) is 0 Å². The Bertz CT molecular complexity index is 3900. The number of hydrogen-bond donors (Lipinski definition) is 0. The Balaban J connectivity index is 1.08. The van der Waals surface area contributed by atoms with E-state index >= 15 is 0 Å². The molecular formula is C60H38N2O. The van der Waals surface area contributed by atoms with E-state index in [-0.39, 0.29) is 0 Å². The first kappa shape index (κ1) is 35.4. The number of para-hydroxylation sites is 4. The van der Waals surface area contributed by atoms with Crippen LogP contribution in [0.5, 0.6) is 0 Å². The van der Waals surface area contributed by atoms with Crippen LogP contribution in [-0.2, 0) is 0 Å². The third-order valence-corrected chi connectivity index (χ3v) is 13.0. The van der Waals surface area contributed by atoms with Gasteiger partial charge >= 0.3 is 0 Å². The monoisotopic (exact) mass is 802 g/mol. The maximum absolute atomic E-state index is 7.00. The van der Waals surface area contributed by atoms with Gasteiger partial charge in [0, 0.05) is 37.9 Å². The van der Waals surface area contributed by atoms with Crippen molar-refractivity contribution >= 4 is 65.6 Å². The lowest BCUT2D eigenvalue weighted by molar-refractivity contribution is 0.666. The van der Waals surface area contributed by atoms with Gasteiger partial charge in [0.2, 0.25) is 0 Å². The van der Waals surface area contributed by atoms with E-state index in [1.165, 1.54) is 71.5 Å². The van der Waals surface area contributed by atoms with Crippen LogP contribution >= 0.6 is 0 Å². The van der Waals surface area contributed by atoms with Crippen LogP contribution < -0.4 is 0 Å². The van der Waals surface area contributed by atoms with Crippen molar-refractivity contribution in [2.45, 2.75) is 0 Å². The molecule has 0 aliphatic carbocycles. The number of nitrogens with zero attached hydrogens (tertiary/aromatic N) is 2. The zero-order valence-corrected chi connectivity index (χ0v) is 34.2. The molecule has 0 spiro atoms. The highest BCUT2D eigenvalue weighted by Crippen LogP contribution is 2.47. The maximum Gasteiger partial charge on any atom is 0.160 e. The van der Waals surface area contributed by atoms with E-state index in [9.17, 15) is 0 Å². The number of hydrogen-bond acceptors (Lipinski definition) is 1. The molecule has 63 heavy (non-hydrogen) atoms. The van der Waals surface area contributed by atoms with E-state index < -0.39 is 0 Å². The zero-order chi connectivity index (χ0) is 41.4. The average Bonchev–Trinajstić information content (AvgIpc) is 4.03. The summed E-state index contributed by atoms with van der Waals surface area (Å²) >= 11 is 0. The van der Waals surface area contributed by atoms with Gasteiger partial charge in [0.15, 0.2) is 5.58 Å². The fourth-order valence-corrected chi connectivity index (χ4v) is 10.3. The molecule has 13 rings (SSSR count). The Hall–Kier alpha value is -8.40. The summed E-state index contributed by atoms with van der Waals surface area (Å²) in [6.07, 6.45) is 0. The van der Waals surface area contributed by atoms with Crippen LogP contribution in [0.4, 0.5) is 0 Å². The quantitative estimate of drug-likeness (QED) is 0.164. The van der Waals surface area contributed by atoms with Gasteiger partial charge in [-0.15, -0.1) is 0 Å². The minimum absolute atomic E-state index is 0.867. The molecule has 3 nitrogen and oxygen atoms in total. The highest BCUT2D eigenvalue weighted by Gasteiger charge is 2.24. The molecule has 3 aromatic heterocycles. The summed E-state index contributed by atoms with van der Waals surface area (Å²) in [7, 11) is 0. The van der Waals surface area contributed by atoms with Gasteiger partial charge in [0.1, 0.15) is 5.58 Å². The molecule has 13 aromatic rings. The molecule has 0 fully saturated rings. The molecule has 0 N–H and O–H groups in total.